The molecule has 0 spiro atoms. The number of nitrogens with zero attached hydrogens (tertiary/aromatic N) is 4. The number of rotatable bonds is 5. The summed E-state index contributed by atoms with van der Waals surface area (Å²) < 4.78 is 2.15. The van der Waals surface area contributed by atoms with Gasteiger partial charge in [-0.15, -0.1) is 0 Å². The molecule has 0 radical (unpaired) electrons. The molecule has 3 rings (SSSR count). The summed E-state index contributed by atoms with van der Waals surface area (Å²) >= 11 is 1.28. The van der Waals surface area contributed by atoms with Gasteiger partial charge in [-0.25, -0.2) is 4.98 Å². The smallest absolute Gasteiger partial charge is 0.313 e. The van der Waals surface area contributed by atoms with Crippen LogP contribution in [0.5, 0.6) is 0 Å². The van der Waals surface area contributed by atoms with Gasteiger partial charge in [0.1, 0.15) is 5.52 Å². The van der Waals surface area contributed by atoms with E-state index in [2.05, 4.69) is 26.5 Å². The second-order valence-electron chi connectivity index (χ2n) is 5.47. The van der Waals surface area contributed by atoms with E-state index in [1.807, 2.05) is 6.07 Å². The van der Waals surface area contributed by atoms with Crippen LogP contribution < -0.4 is 0 Å². The Morgan fingerprint density at radius 1 is 1.57 bits per heavy atom. The van der Waals surface area contributed by atoms with Crippen LogP contribution in [0.4, 0.5) is 0 Å². The minimum atomic E-state index is -0.822. The van der Waals surface area contributed by atoms with Gasteiger partial charge >= 0.3 is 5.97 Å². The zero-order valence-corrected chi connectivity index (χ0v) is 12.7. The number of aromatic nitrogens is 3. The van der Waals surface area contributed by atoms with E-state index in [-0.39, 0.29) is 5.75 Å². The second-order valence-corrected chi connectivity index (χ2v) is 6.41. The lowest BCUT2D eigenvalue weighted by Gasteiger charge is -2.14. The number of thioether (sulfide) groups is 1. The monoisotopic (exact) mass is 306 g/mol. The third-order valence-electron chi connectivity index (χ3n) is 3.77. The lowest BCUT2D eigenvalue weighted by Crippen LogP contribution is -2.17. The molecule has 6 nitrogen and oxygen atoms in total. The van der Waals surface area contributed by atoms with Crippen molar-refractivity contribution in [1.29, 1.82) is 0 Å². The first kappa shape index (κ1) is 14.3. The fraction of sp³-hybridized carbons (Fsp3) is 0.500. The lowest BCUT2D eigenvalue weighted by molar-refractivity contribution is -0.133. The number of imidazole rings is 1. The molecule has 1 N–H and O–H groups in total. The number of carboxylic acids is 1. The van der Waals surface area contributed by atoms with E-state index in [0.717, 1.165) is 35.8 Å². The van der Waals surface area contributed by atoms with Gasteiger partial charge in [-0.05, 0) is 32.0 Å². The molecule has 0 aliphatic carbocycles. The molecule has 1 saturated heterocycles. The van der Waals surface area contributed by atoms with Crippen LogP contribution in [0.25, 0.3) is 11.0 Å². The van der Waals surface area contributed by atoms with E-state index < -0.39 is 5.97 Å². The molecule has 2 aromatic heterocycles. The number of likely N-dealkylation sites (tertiary alicyclic amines) is 1. The summed E-state index contributed by atoms with van der Waals surface area (Å²) in [6.07, 6.45) is 4.66. The van der Waals surface area contributed by atoms with Crippen molar-refractivity contribution in [2.75, 3.05) is 25.9 Å². The number of aliphatic carboxylic acids is 1. The Hall–Kier alpha value is -1.60. The third-order valence-corrected chi connectivity index (χ3v) is 4.73. The quantitative estimate of drug-likeness (QED) is 0.845. The van der Waals surface area contributed by atoms with Gasteiger partial charge in [0.15, 0.2) is 5.16 Å². The summed E-state index contributed by atoms with van der Waals surface area (Å²) in [7, 11) is 2.13. The summed E-state index contributed by atoms with van der Waals surface area (Å²) in [6.45, 7) is 3.08. The second kappa shape index (κ2) is 6.03. The highest BCUT2D eigenvalue weighted by Gasteiger charge is 2.22. The first-order valence-corrected chi connectivity index (χ1v) is 7.95. The first-order chi connectivity index (χ1) is 10.1. The molecule has 3 heterocycles. The van der Waals surface area contributed by atoms with Gasteiger partial charge in [0, 0.05) is 19.3 Å². The Morgan fingerprint density at radius 2 is 2.43 bits per heavy atom. The minimum Gasteiger partial charge on any atom is -0.481 e. The van der Waals surface area contributed by atoms with E-state index in [1.165, 1.54) is 18.2 Å². The fourth-order valence-corrected chi connectivity index (χ4v) is 3.55. The van der Waals surface area contributed by atoms with E-state index >= 15 is 0 Å². The van der Waals surface area contributed by atoms with Crippen LogP contribution in [0.2, 0.25) is 0 Å². The van der Waals surface area contributed by atoms with Crippen LogP contribution in [0, 0.1) is 5.92 Å². The van der Waals surface area contributed by atoms with Crippen molar-refractivity contribution < 1.29 is 9.90 Å². The minimum absolute atomic E-state index is 0.0291. The summed E-state index contributed by atoms with van der Waals surface area (Å²) in [4.78, 5) is 21.8. The van der Waals surface area contributed by atoms with E-state index in [1.54, 1.807) is 12.4 Å². The van der Waals surface area contributed by atoms with Crippen molar-refractivity contribution in [3.8, 4) is 0 Å². The number of carbonyl (C=O) groups is 1. The zero-order chi connectivity index (χ0) is 14.8. The Bertz CT molecular complexity index is 657. The largest absolute Gasteiger partial charge is 0.481 e. The van der Waals surface area contributed by atoms with Crippen LogP contribution in [0.15, 0.2) is 23.6 Å². The van der Waals surface area contributed by atoms with Crippen LogP contribution in [-0.4, -0.2) is 56.4 Å². The molecule has 0 amide bonds. The van der Waals surface area contributed by atoms with Crippen molar-refractivity contribution >= 4 is 28.8 Å². The number of pyridine rings is 1. The highest BCUT2D eigenvalue weighted by molar-refractivity contribution is 7.99. The molecule has 21 heavy (non-hydrogen) atoms. The van der Waals surface area contributed by atoms with Gasteiger partial charge in [-0.3, -0.25) is 9.78 Å². The normalized spacial score (nSPS) is 19.4. The maximum absolute atomic E-state index is 10.8. The van der Waals surface area contributed by atoms with Crippen LogP contribution in [0.1, 0.15) is 6.42 Å². The maximum atomic E-state index is 10.8. The third kappa shape index (κ3) is 3.19. The van der Waals surface area contributed by atoms with Crippen molar-refractivity contribution in [3.63, 3.8) is 0 Å². The van der Waals surface area contributed by atoms with Crippen molar-refractivity contribution in [3.05, 3.63) is 18.5 Å². The molecule has 112 valence electrons. The SMILES string of the molecule is CN1CCC(Cn2c(SCC(=O)O)nc3cnccc32)C1. The average molecular weight is 306 g/mol. The van der Waals surface area contributed by atoms with Crippen molar-refractivity contribution in [2.45, 2.75) is 18.1 Å². The fourth-order valence-electron chi connectivity index (χ4n) is 2.81. The number of carboxylic acid groups (broad SMARTS) is 1. The van der Waals surface area contributed by atoms with E-state index in [9.17, 15) is 4.79 Å². The Kier molecular flexibility index (Phi) is 4.12. The maximum Gasteiger partial charge on any atom is 0.313 e. The first-order valence-electron chi connectivity index (χ1n) is 6.97. The molecule has 1 fully saturated rings. The van der Waals surface area contributed by atoms with Gasteiger partial charge in [0.2, 0.25) is 0 Å². The van der Waals surface area contributed by atoms with Gasteiger partial charge in [-0.1, -0.05) is 11.8 Å². The molecule has 0 aromatic carbocycles. The average Bonchev–Trinajstić information content (AvgIpc) is 3.01. The van der Waals surface area contributed by atoms with E-state index in [0.29, 0.717) is 5.92 Å². The van der Waals surface area contributed by atoms with Gasteiger partial charge in [0.25, 0.3) is 0 Å². The molecule has 1 atom stereocenters. The Balaban J connectivity index is 1.89. The molecule has 2 aromatic rings. The molecule has 1 aliphatic rings. The van der Waals surface area contributed by atoms with Crippen LogP contribution in [0.3, 0.4) is 0 Å². The highest BCUT2D eigenvalue weighted by atomic mass is 32.2. The van der Waals surface area contributed by atoms with E-state index in [4.69, 9.17) is 5.11 Å². The Labute approximate surface area is 127 Å². The van der Waals surface area contributed by atoms with Gasteiger partial charge in [0.05, 0.1) is 17.5 Å². The number of hydrogen-bond acceptors (Lipinski definition) is 5. The summed E-state index contributed by atoms with van der Waals surface area (Å²) in [5.74, 6) is -0.205. The topological polar surface area (TPSA) is 71.2 Å². The molecule has 0 saturated carbocycles. The lowest BCUT2D eigenvalue weighted by atomic mass is 10.1. The standard InChI is InChI=1S/C14H18N4O2S/c1-17-5-3-10(7-17)8-18-12-2-4-15-6-11(12)16-14(18)21-9-13(19)20/h2,4,6,10H,3,5,7-9H2,1H3,(H,19,20). The summed E-state index contributed by atoms with van der Waals surface area (Å²) in [5.41, 5.74) is 1.86. The molecule has 1 unspecified atom stereocenters. The molecule has 1 aliphatic heterocycles. The molecular formula is C14H18N4O2S. The predicted molar refractivity (Wildman–Crippen MR) is 81.5 cm³/mol. The summed E-state index contributed by atoms with van der Waals surface area (Å²) in [6, 6.07) is 1.95. The predicted octanol–water partition coefficient (Wildman–Crippen LogP) is 1.56. The molecule has 0 bridgehead atoms. The van der Waals surface area contributed by atoms with Crippen LogP contribution in [-0.2, 0) is 11.3 Å². The zero-order valence-electron chi connectivity index (χ0n) is 11.9. The Morgan fingerprint density at radius 3 is 3.14 bits per heavy atom. The highest BCUT2D eigenvalue weighted by Crippen LogP contribution is 2.26. The number of fused-ring (bicyclic) bond motifs is 1. The number of hydrogen-bond donors (Lipinski definition) is 1. The van der Waals surface area contributed by atoms with Crippen LogP contribution >= 0.6 is 11.8 Å². The van der Waals surface area contributed by atoms with Crippen molar-refractivity contribution in [1.82, 2.24) is 19.4 Å². The van der Waals surface area contributed by atoms with Crippen molar-refractivity contribution in [2.24, 2.45) is 5.92 Å². The molecule has 7 heteroatoms. The van der Waals surface area contributed by atoms with Gasteiger partial charge < -0.3 is 14.6 Å². The summed E-state index contributed by atoms with van der Waals surface area (Å²) in [5, 5.41) is 9.66. The van der Waals surface area contributed by atoms with Gasteiger partial charge in [-0.2, -0.15) is 0 Å². The molecular weight excluding hydrogens is 288 g/mol.